The van der Waals surface area contributed by atoms with Crippen LogP contribution in [0.2, 0.25) is 0 Å². The van der Waals surface area contributed by atoms with Crippen molar-refractivity contribution in [3.63, 3.8) is 0 Å². The number of rotatable bonds is 9. The van der Waals surface area contributed by atoms with Crippen molar-refractivity contribution in [2.75, 3.05) is 27.7 Å². The van der Waals surface area contributed by atoms with Crippen LogP contribution in [0.15, 0.2) is 114 Å². The molecule has 0 saturated heterocycles. The van der Waals surface area contributed by atoms with Crippen LogP contribution in [0.3, 0.4) is 0 Å². The van der Waals surface area contributed by atoms with E-state index in [2.05, 4.69) is 75.4 Å². The van der Waals surface area contributed by atoms with Crippen molar-refractivity contribution >= 4 is 26.7 Å². The summed E-state index contributed by atoms with van der Waals surface area (Å²) < 4.78 is 6.88. The second kappa shape index (κ2) is 11.7. The maximum atomic E-state index is 13.1. The second-order valence-corrected chi connectivity index (χ2v) is 11.1. The average molecular weight is 582 g/mol. The summed E-state index contributed by atoms with van der Waals surface area (Å²) in [4.78, 5) is 6.87. The van der Waals surface area contributed by atoms with Crippen LogP contribution in [0, 0.1) is 0 Å². The van der Waals surface area contributed by atoms with Gasteiger partial charge in [-0.3, -0.25) is 0 Å². The fourth-order valence-corrected chi connectivity index (χ4v) is 5.70. The standard InChI is InChI=1S/C34H33BrN2O2/c1-37(2)21-20-34(38,31-15-9-13-25-10-7-8-14-29(25)31)32(26-11-5-4-6-12-26)30-22-27(23-36-33(30)39-3)24-16-18-28(35)19-17-24/h4-19,22-23,32,38H,20-21H2,1-3H3. The van der Waals surface area contributed by atoms with Gasteiger partial charge in [-0.2, -0.15) is 0 Å². The summed E-state index contributed by atoms with van der Waals surface area (Å²) in [5, 5.41) is 15.2. The van der Waals surface area contributed by atoms with Crippen LogP contribution in [-0.2, 0) is 5.60 Å². The number of methoxy groups -OCH3 is 1. The lowest BCUT2D eigenvalue weighted by atomic mass is 9.70. The molecule has 0 saturated carbocycles. The summed E-state index contributed by atoms with van der Waals surface area (Å²) in [5.41, 5.74) is 3.49. The molecule has 5 aromatic rings. The van der Waals surface area contributed by atoms with Crippen LogP contribution in [0.4, 0.5) is 0 Å². The third-order valence-electron chi connectivity index (χ3n) is 7.37. The number of ether oxygens (including phenoxy) is 1. The molecule has 0 spiro atoms. The highest BCUT2D eigenvalue weighted by Crippen LogP contribution is 2.49. The third-order valence-corrected chi connectivity index (χ3v) is 7.90. The number of fused-ring (bicyclic) bond motifs is 1. The maximum absolute atomic E-state index is 13.1. The molecular weight excluding hydrogens is 548 g/mol. The summed E-state index contributed by atoms with van der Waals surface area (Å²) in [7, 11) is 5.72. The number of aliphatic hydroxyl groups is 1. The fraction of sp³-hybridized carbons (Fsp3) is 0.206. The molecule has 198 valence electrons. The van der Waals surface area contributed by atoms with Gasteiger partial charge in [-0.15, -0.1) is 0 Å². The predicted molar refractivity (Wildman–Crippen MR) is 163 cm³/mol. The molecule has 1 aromatic heterocycles. The molecule has 0 aliphatic carbocycles. The summed E-state index contributed by atoms with van der Waals surface area (Å²) in [6, 6.07) is 35.0. The Hall–Kier alpha value is -3.51. The van der Waals surface area contributed by atoms with Crippen molar-refractivity contribution in [3.8, 4) is 17.0 Å². The lowest BCUT2D eigenvalue weighted by molar-refractivity contribution is 0.00517. The van der Waals surface area contributed by atoms with E-state index in [0.29, 0.717) is 18.8 Å². The molecule has 2 unspecified atom stereocenters. The Morgan fingerprint density at radius 2 is 1.56 bits per heavy atom. The first-order chi connectivity index (χ1) is 18.9. The molecule has 0 amide bonds. The van der Waals surface area contributed by atoms with Crippen molar-refractivity contribution in [1.29, 1.82) is 0 Å². The highest BCUT2D eigenvalue weighted by Gasteiger charge is 2.43. The lowest BCUT2D eigenvalue weighted by Gasteiger charge is -2.39. The minimum absolute atomic E-state index is 0.442. The minimum atomic E-state index is -1.26. The van der Waals surface area contributed by atoms with E-state index in [1.54, 1.807) is 7.11 Å². The smallest absolute Gasteiger partial charge is 0.217 e. The third kappa shape index (κ3) is 5.62. The average Bonchev–Trinajstić information content (AvgIpc) is 2.97. The van der Waals surface area contributed by atoms with Gasteiger partial charge in [-0.25, -0.2) is 4.98 Å². The largest absolute Gasteiger partial charge is 0.481 e. The molecule has 1 N–H and O–H groups in total. The molecule has 0 radical (unpaired) electrons. The van der Waals surface area contributed by atoms with Crippen molar-refractivity contribution in [2.24, 2.45) is 0 Å². The maximum Gasteiger partial charge on any atom is 0.217 e. The van der Waals surface area contributed by atoms with E-state index in [-0.39, 0.29) is 0 Å². The van der Waals surface area contributed by atoms with E-state index < -0.39 is 11.5 Å². The van der Waals surface area contributed by atoms with Crippen molar-refractivity contribution in [3.05, 3.63) is 130 Å². The van der Waals surface area contributed by atoms with Gasteiger partial charge < -0.3 is 14.7 Å². The minimum Gasteiger partial charge on any atom is -0.481 e. The number of pyridine rings is 1. The van der Waals surface area contributed by atoms with E-state index in [1.165, 1.54) is 0 Å². The van der Waals surface area contributed by atoms with Crippen LogP contribution >= 0.6 is 15.9 Å². The number of nitrogens with zero attached hydrogens (tertiary/aromatic N) is 2. The second-order valence-electron chi connectivity index (χ2n) is 10.2. The number of aromatic nitrogens is 1. The molecular formula is C34H33BrN2O2. The van der Waals surface area contributed by atoms with Crippen molar-refractivity contribution in [2.45, 2.75) is 17.9 Å². The zero-order chi connectivity index (χ0) is 27.4. The number of hydrogen-bond donors (Lipinski definition) is 1. The highest BCUT2D eigenvalue weighted by atomic mass is 79.9. The molecule has 4 nitrogen and oxygen atoms in total. The van der Waals surface area contributed by atoms with Crippen LogP contribution < -0.4 is 4.74 Å². The Morgan fingerprint density at radius 3 is 2.28 bits per heavy atom. The van der Waals surface area contributed by atoms with E-state index in [9.17, 15) is 5.11 Å². The zero-order valence-corrected chi connectivity index (χ0v) is 24.1. The van der Waals surface area contributed by atoms with Gasteiger partial charge in [0.05, 0.1) is 7.11 Å². The molecule has 0 bridgehead atoms. The SMILES string of the molecule is COc1ncc(-c2ccc(Br)cc2)cc1C(c1ccccc1)C(O)(CCN(C)C)c1cccc2ccccc12. The first-order valence-electron chi connectivity index (χ1n) is 13.1. The van der Waals surface area contributed by atoms with Crippen LogP contribution in [0.25, 0.3) is 21.9 Å². The van der Waals surface area contributed by atoms with Crippen LogP contribution in [0.1, 0.15) is 29.0 Å². The Labute approximate surface area is 239 Å². The molecule has 1 heterocycles. The van der Waals surface area contributed by atoms with Gasteiger partial charge in [0.15, 0.2) is 0 Å². The van der Waals surface area contributed by atoms with E-state index in [4.69, 9.17) is 9.72 Å². The van der Waals surface area contributed by atoms with Gasteiger partial charge in [0.1, 0.15) is 5.60 Å². The number of halogens is 1. The molecule has 5 rings (SSSR count). The lowest BCUT2D eigenvalue weighted by Crippen LogP contribution is -2.38. The van der Waals surface area contributed by atoms with Crippen LogP contribution in [-0.4, -0.2) is 42.7 Å². The molecule has 2 atom stereocenters. The topological polar surface area (TPSA) is 45.6 Å². The highest BCUT2D eigenvalue weighted by molar-refractivity contribution is 9.10. The first-order valence-corrected chi connectivity index (χ1v) is 13.9. The molecule has 5 heteroatoms. The van der Waals surface area contributed by atoms with Gasteiger partial charge in [0, 0.05) is 34.3 Å². The molecule has 39 heavy (non-hydrogen) atoms. The summed E-state index contributed by atoms with van der Waals surface area (Å²) in [6.45, 7) is 0.700. The van der Waals surface area contributed by atoms with E-state index in [0.717, 1.165) is 43.1 Å². The van der Waals surface area contributed by atoms with Gasteiger partial charge >= 0.3 is 0 Å². The van der Waals surface area contributed by atoms with Gasteiger partial charge in [-0.1, -0.05) is 101 Å². The summed E-state index contributed by atoms with van der Waals surface area (Å²) >= 11 is 3.54. The van der Waals surface area contributed by atoms with Gasteiger partial charge in [0.2, 0.25) is 5.88 Å². The van der Waals surface area contributed by atoms with Crippen molar-refractivity contribution < 1.29 is 9.84 Å². The van der Waals surface area contributed by atoms with Gasteiger partial charge in [0.25, 0.3) is 0 Å². The first kappa shape index (κ1) is 27.1. The Bertz CT molecular complexity index is 1550. The Kier molecular flexibility index (Phi) is 8.12. The summed E-state index contributed by atoms with van der Waals surface area (Å²) in [6.07, 6.45) is 2.35. The normalized spacial score (nSPS) is 13.8. The molecule has 4 aromatic carbocycles. The van der Waals surface area contributed by atoms with E-state index >= 15 is 0 Å². The molecule has 0 aliphatic heterocycles. The van der Waals surface area contributed by atoms with Crippen LogP contribution in [0.5, 0.6) is 5.88 Å². The Morgan fingerprint density at radius 1 is 0.872 bits per heavy atom. The number of benzene rings is 4. The number of hydrogen-bond acceptors (Lipinski definition) is 4. The Balaban J connectivity index is 1.80. The van der Waals surface area contributed by atoms with E-state index in [1.807, 2.05) is 68.8 Å². The fourth-order valence-electron chi connectivity index (χ4n) is 5.44. The predicted octanol–water partition coefficient (Wildman–Crippen LogP) is 7.64. The molecule has 0 fully saturated rings. The zero-order valence-electron chi connectivity index (χ0n) is 22.5. The van der Waals surface area contributed by atoms with Crippen molar-refractivity contribution in [1.82, 2.24) is 9.88 Å². The molecule has 0 aliphatic rings. The quantitative estimate of drug-likeness (QED) is 0.194. The summed E-state index contributed by atoms with van der Waals surface area (Å²) in [5.74, 6) is 0.0653. The monoisotopic (exact) mass is 580 g/mol. The van der Waals surface area contributed by atoms with Gasteiger partial charge in [-0.05, 0) is 66.2 Å².